The Morgan fingerprint density at radius 3 is 2.53 bits per heavy atom. The van der Waals surface area contributed by atoms with Crippen molar-refractivity contribution in [3.63, 3.8) is 0 Å². The van der Waals surface area contributed by atoms with Crippen LogP contribution in [0.3, 0.4) is 0 Å². The van der Waals surface area contributed by atoms with Crippen LogP contribution in [0.2, 0.25) is 0 Å². The second-order valence-corrected chi connectivity index (χ2v) is 11.4. The summed E-state index contributed by atoms with van der Waals surface area (Å²) in [5.41, 5.74) is 1.10. The molecule has 1 aromatic heterocycles. The van der Waals surface area contributed by atoms with Crippen LogP contribution < -0.4 is 0 Å². The molecular weight excluding hydrogens is 422 g/mol. The van der Waals surface area contributed by atoms with Crippen LogP contribution in [-0.2, 0) is 27.3 Å². The molecular formula is C25H33N3O3S. The molecule has 0 spiro atoms. The molecule has 3 aliphatic heterocycles. The van der Waals surface area contributed by atoms with E-state index in [1.54, 1.807) is 4.90 Å². The van der Waals surface area contributed by atoms with Crippen LogP contribution in [0.1, 0.15) is 44.6 Å². The lowest BCUT2D eigenvalue weighted by Crippen LogP contribution is -2.68. The van der Waals surface area contributed by atoms with Crippen molar-refractivity contribution in [2.45, 2.75) is 70.9 Å². The van der Waals surface area contributed by atoms with Gasteiger partial charge in [0.05, 0.1) is 11.7 Å². The Balaban J connectivity index is 1.33. The van der Waals surface area contributed by atoms with Gasteiger partial charge in [-0.05, 0) is 44.2 Å². The van der Waals surface area contributed by atoms with E-state index in [0.717, 1.165) is 19.5 Å². The highest BCUT2D eigenvalue weighted by atomic mass is 32.1. The van der Waals surface area contributed by atoms with Crippen molar-refractivity contribution in [1.82, 2.24) is 14.7 Å². The average molecular weight is 456 g/mol. The number of carbonyl (C=O) groups excluding carboxylic acids is 2. The monoisotopic (exact) mass is 455 g/mol. The maximum Gasteiger partial charge on any atom is 0.247 e. The van der Waals surface area contributed by atoms with Crippen LogP contribution >= 0.6 is 11.3 Å². The van der Waals surface area contributed by atoms with Gasteiger partial charge in [0, 0.05) is 48.7 Å². The number of carbonyl (C=O) groups is 2. The van der Waals surface area contributed by atoms with Crippen LogP contribution in [0.5, 0.6) is 0 Å². The molecule has 32 heavy (non-hydrogen) atoms. The fourth-order valence-corrected chi connectivity index (χ4v) is 6.69. The zero-order valence-corrected chi connectivity index (χ0v) is 20.3. The summed E-state index contributed by atoms with van der Waals surface area (Å²) in [5.74, 6) is 0.190. The fourth-order valence-electron chi connectivity index (χ4n) is 5.53. The summed E-state index contributed by atoms with van der Waals surface area (Å²) >= 11 is 1.87. The normalized spacial score (nSPS) is 26.7. The molecule has 4 heterocycles. The number of benzene rings is 1. The first-order valence-electron chi connectivity index (χ1n) is 11.8. The molecule has 0 aliphatic carbocycles. The zero-order chi connectivity index (χ0) is 22.6. The van der Waals surface area contributed by atoms with Gasteiger partial charge < -0.3 is 14.5 Å². The summed E-state index contributed by atoms with van der Waals surface area (Å²) in [6, 6.07) is 7.85. The van der Waals surface area contributed by atoms with Gasteiger partial charge in [-0.15, -0.1) is 11.3 Å². The molecule has 7 heteroatoms. The number of ether oxygens (including phenoxy) is 1. The van der Waals surface area contributed by atoms with E-state index in [1.807, 2.05) is 37.0 Å². The van der Waals surface area contributed by atoms with Crippen LogP contribution in [0.25, 0.3) is 10.1 Å². The number of amides is 2. The van der Waals surface area contributed by atoms with E-state index in [1.165, 1.54) is 20.5 Å². The molecule has 6 nitrogen and oxygen atoms in total. The molecule has 2 aromatic rings. The topological polar surface area (TPSA) is 53.1 Å². The van der Waals surface area contributed by atoms with Crippen molar-refractivity contribution in [1.29, 1.82) is 0 Å². The van der Waals surface area contributed by atoms with Crippen molar-refractivity contribution in [3.8, 4) is 0 Å². The molecule has 0 saturated carbocycles. The first kappa shape index (κ1) is 21.9. The van der Waals surface area contributed by atoms with Crippen molar-refractivity contribution < 1.29 is 14.3 Å². The lowest BCUT2D eigenvalue weighted by Gasteiger charge is -2.47. The molecule has 0 bridgehead atoms. The van der Waals surface area contributed by atoms with Crippen molar-refractivity contribution in [2.75, 3.05) is 26.2 Å². The molecule has 0 N–H and O–H groups in total. The maximum absolute atomic E-state index is 13.4. The quantitative estimate of drug-likeness (QED) is 0.710. The first-order valence-corrected chi connectivity index (χ1v) is 12.6. The van der Waals surface area contributed by atoms with Gasteiger partial charge in [0.2, 0.25) is 11.8 Å². The highest BCUT2D eigenvalue weighted by Gasteiger charge is 2.52. The molecule has 1 aromatic carbocycles. The number of rotatable bonds is 4. The molecule has 3 fully saturated rings. The number of hydrogen-bond donors (Lipinski definition) is 0. The summed E-state index contributed by atoms with van der Waals surface area (Å²) in [4.78, 5) is 34.1. The Kier molecular flexibility index (Phi) is 5.55. The van der Waals surface area contributed by atoms with Gasteiger partial charge >= 0.3 is 0 Å². The minimum atomic E-state index is -0.379. The van der Waals surface area contributed by atoms with E-state index in [-0.39, 0.29) is 35.6 Å². The molecule has 5 rings (SSSR count). The van der Waals surface area contributed by atoms with E-state index >= 15 is 0 Å². The number of piperazine rings is 2. The number of fused-ring (bicyclic) bond motifs is 3. The van der Waals surface area contributed by atoms with Gasteiger partial charge in [-0.2, -0.15) is 0 Å². The minimum Gasteiger partial charge on any atom is -0.371 e. The Morgan fingerprint density at radius 1 is 1.03 bits per heavy atom. The maximum atomic E-state index is 13.4. The Labute approximate surface area is 194 Å². The van der Waals surface area contributed by atoms with Gasteiger partial charge in [-0.3, -0.25) is 14.5 Å². The lowest BCUT2D eigenvalue weighted by molar-refractivity contribution is -0.163. The Bertz CT molecular complexity index is 1040. The van der Waals surface area contributed by atoms with Gasteiger partial charge in [-0.1, -0.05) is 25.1 Å². The number of thiophene rings is 1. The third-order valence-corrected chi connectivity index (χ3v) is 8.23. The van der Waals surface area contributed by atoms with Crippen LogP contribution in [0.15, 0.2) is 24.3 Å². The van der Waals surface area contributed by atoms with Gasteiger partial charge in [0.25, 0.3) is 0 Å². The lowest BCUT2D eigenvalue weighted by atomic mass is 10.0. The summed E-state index contributed by atoms with van der Waals surface area (Å²) in [5, 5.41) is 1.32. The predicted octanol–water partition coefficient (Wildman–Crippen LogP) is 3.27. The molecule has 3 saturated heterocycles. The van der Waals surface area contributed by atoms with E-state index in [0.29, 0.717) is 26.1 Å². The molecule has 3 unspecified atom stereocenters. The third-order valence-electron chi connectivity index (χ3n) is 6.87. The van der Waals surface area contributed by atoms with E-state index in [4.69, 9.17) is 4.74 Å². The largest absolute Gasteiger partial charge is 0.371 e. The number of hydrogen-bond acceptors (Lipinski definition) is 5. The fraction of sp³-hybridized carbons (Fsp3) is 0.600. The summed E-state index contributed by atoms with van der Waals surface area (Å²) in [6.45, 7) is 11.6. The highest BCUT2D eigenvalue weighted by molar-refractivity contribution is 7.19. The van der Waals surface area contributed by atoms with E-state index < -0.39 is 0 Å². The van der Waals surface area contributed by atoms with Gasteiger partial charge in [0.1, 0.15) is 12.1 Å². The smallest absolute Gasteiger partial charge is 0.247 e. The highest BCUT2D eigenvalue weighted by Crippen LogP contribution is 2.35. The second kappa shape index (κ2) is 8.12. The van der Waals surface area contributed by atoms with E-state index in [2.05, 4.69) is 36.1 Å². The van der Waals surface area contributed by atoms with Gasteiger partial charge in [-0.25, -0.2) is 0 Å². The third kappa shape index (κ3) is 3.84. The van der Waals surface area contributed by atoms with Crippen molar-refractivity contribution >= 4 is 33.2 Å². The molecule has 3 aliphatic rings. The average Bonchev–Trinajstić information content (AvgIpc) is 3.32. The second-order valence-electron chi connectivity index (χ2n) is 10.2. The van der Waals surface area contributed by atoms with Crippen LogP contribution in [-0.4, -0.2) is 76.5 Å². The van der Waals surface area contributed by atoms with Crippen LogP contribution in [0, 0.1) is 0 Å². The first-order chi connectivity index (χ1) is 15.2. The number of aryl methyl sites for hydroxylation is 1. The standard InChI is InChI=1S/C25H33N3O3S/c1-5-21-18(17-8-6-7-9-22(17)32-21)14-26-10-11-27-20(15-26)24(30)28-13-16(31-25(2,3)4)12-19(28)23(27)29/h6-9,16,19-20H,5,10-15H2,1-4H3. The predicted molar refractivity (Wildman–Crippen MR) is 127 cm³/mol. The molecule has 0 radical (unpaired) electrons. The number of nitrogens with zero attached hydrogens (tertiary/aromatic N) is 3. The Hall–Kier alpha value is -1.96. The molecule has 2 amide bonds. The van der Waals surface area contributed by atoms with Gasteiger partial charge in [0.15, 0.2) is 0 Å². The van der Waals surface area contributed by atoms with Crippen LogP contribution in [0.4, 0.5) is 0 Å². The Morgan fingerprint density at radius 2 is 1.78 bits per heavy atom. The van der Waals surface area contributed by atoms with Crippen molar-refractivity contribution in [3.05, 3.63) is 34.7 Å². The zero-order valence-electron chi connectivity index (χ0n) is 19.5. The minimum absolute atomic E-state index is 0.0744. The summed E-state index contributed by atoms with van der Waals surface area (Å²) < 4.78 is 7.45. The van der Waals surface area contributed by atoms with E-state index in [9.17, 15) is 9.59 Å². The molecule has 172 valence electrons. The summed E-state index contributed by atoms with van der Waals surface area (Å²) in [7, 11) is 0. The SMILES string of the molecule is CCc1sc2ccccc2c1CN1CCN2C(=O)C3CC(OC(C)(C)C)CN3C(=O)C2C1. The molecule has 3 atom stereocenters. The van der Waals surface area contributed by atoms with Crippen molar-refractivity contribution in [2.24, 2.45) is 0 Å². The summed E-state index contributed by atoms with van der Waals surface area (Å²) in [6.07, 6.45) is 1.55.